The molecule has 158 valence electrons. The third-order valence-electron chi connectivity index (χ3n) is 5.53. The molecule has 1 aromatic carbocycles. The lowest BCUT2D eigenvalue weighted by atomic mass is 10.1. The number of amides is 1. The van der Waals surface area contributed by atoms with E-state index >= 15 is 0 Å². The van der Waals surface area contributed by atoms with E-state index in [0.717, 1.165) is 33.8 Å². The molecule has 1 saturated heterocycles. The van der Waals surface area contributed by atoms with Crippen LogP contribution in [0.5, 0.6) is 0 Å². The van der Waals surface area contributed by atoms with Crippen molar-refractivity contribution in [1.29, 1.82) is 0 Å². The van der Waals surface area contributed by atoms with Crippen LogP contribution >= 0.6 is 0 Å². The van der Waals surface area contributed by atoms with Crippen LogP contribution in [0.15, 0.2) is 18.2 Å². The Bertz CT molecular complexity index is 1030. The molecule has 0 radical (unpaired) electrons. The fraction of sp³-hybridized carbons (Fsp3) is 0.524. The Morgan fingerprint density at radius 2 is 2.00 bits per heavy atom. The Labute approximate surface area is 173 Å². The Morgan fingerprint density at radius 1 is 1.28 bits per heavy atom. The lowest BCUT2D eigenvalue weighted by Gasteiger charge is -2.18. The summed E-state index contributed by atoms with van der Waals surface area (Å²) in [4.78, 5) is 14.4. The zero-order valence-electron chi connectivity index (χ0n) is 17.8. The second-order valence-electron chi connectivity index (χ2n) is 8.19. The zero-order chi connectivity index (χ0) is 21.3. The van der Waals surface area contributed by atoms with E-state index in [9.17, 15) is 13.2 Å². The standard InChI is InChI=1S/C21H30N4O3S/c1-14-6-7-20(15(2)10-14)22-21(26)12-24(5)11-19-16(3)23-25(17(19)4)18-8-9-29(27,28)13-18/h6-7,10,18H,8-9,11-13H2,1-5H3,(H,22,26)/t18-/m1/s1. The van der Waals surface area contributed by atoms with Gasteiger partial charge in [0.1, 0.15) is 0 Å². The molecule has 29 heavy (non-hydrogen) atoms. The second-order valence-corrected chi connectivity index (χ2v) is 10.4. The number of carbonyl (C=O) groups excluding carboxylic acids is 1. The van der Waals surface area contributed by atoms with Crippen LogP contribution in [0.1, 0.15) is 40.5 Å². The molecule has 2 heterocycles. The van der Waals surface area contributed by atoms with Crippen molar-refractivity contribution in [2.75, 3.05) is 30.4 Å². The monoisotopic (exact) mass is 418 g/mol. The summed E-state index contributed by atoms with van der Waals surface area (Å²) in [5.74, 6) is 0.316. The molecule has 0 saturated carbocycles. The molecule has 0 aliphatic carbocycles. The Kier molecular flexibility index (Phi) is 6.14. The van der Waals surface area contributed by atoms with Gasteiger partial charge in [-0.15, -0.1) is 0 Å². The summed E-state index contributed by atoms with van der Waals surface area (Å²) < 4.78 is 25.5. The number of hydrogen-bond donors (Lipinski definition) is 1. The predicted molar refractivity (Wildman–Crippen MR) is 115 cm³/mol. The van der Waals surface area contributed by atoms with E-state index in [2.05, 4.69) is 10.4 Å². The average molecular weight is 419 g/mol. The highest BCUT2D eigenvalue weighted by Crippen LogP contribution is 2.27. The number of rotatable bonds is 6. The number of sulfone groups is 1. The predicted octanol–water partition coefficient (Wildman–Crippen LogP) is 2.55. The van der Waals surface area contributed by atoms with E-state index < -0.39 is 9.84 Å². The molecule has 1 N–H and O–H groups in total. The van der Waals surface area contributed by atoms with Crippen LogP contribution in [-0.4, -0.2) is 54.1 Å². The van der Waals surface area contributed by atoms with Gasteiger partial charge >= 0.3 is 0 Å². The van der Waals surface area contributed by atoms with Crippen LogP contribution < -0.4 is 5.32 Å². The molecule has 1 atom stereocenters. The Morgan fingerprint density at radius 3 is 2.62 bits per heavy atom. The van der Waals surface area contributed by atoms with Gasteiger partial charge in [0.05, 0.1) is 29.8 Å². The number of anilines is 1. The van der Waals surface area contributed by atoms with Gasteiger partial charge in [-0.05, 0) is 52.8 Å². The number of benzene rings is 1. The molecule has 0 bridgehead atoms. The highest BCUT2D eigenvalue weighted by molar-refractivity contribution is 7.91. The minimum Gasteiger partial charge on any atom is -0.325 e. The van der Waals surface area contributed by atoms with Crippen LogP contribution in [0.2, 0.25) is 0 Å². The summed E-state index contributed by atoms with van der Waals surface area (Å²) in [7, 11) is -1.06. The van der Waals surface area contributed by atoms with Crippen molar-refractivity contribution in [3.05, 3.63) is 46.3 Å². The lowest BCUT2D eigenvalue weighted by molar-refractivity contribution is -0.117. The van der Waals surface area contributed by atoms with Crippen LogP contribution in [0.4, 0.5) is 5.69 Å². The van der Waals surface area contributed by atoms with Crippen molar-refractivity contribution in [2.24, 2.45) is 0 Å². The molecule has 1 aliphatic heterocycles. The molecule has 1 fully saturated rings. The molecule has 8 heteroatoms. The van der Waals surface area contributed by atoms with Crippen molar-refractivity contribution >= 4 is 21.4 Å². The first-order chi connectivity index (χ1) is 13.6. The van der Waals surface area contributed by atoms with Gasteiger partial charge in [-0.3, -0.25) is 14.4 Å². The number of aromatic nitrogens is 2. The molecule has 7 nitrogen and oxygen atoms in total. The Hall–Kier alpha value is -2.19. The summed E-state index contributed by atoms with van der Waals surface area (Å²) in [6.45, 7) is 8.76. The third-order valence-corrected chi connectivity index (χ3v) is 7.28. The first-order valence-electron chi connectivity index (χ1n) is 9.86. The molecule has 1 aromatic heterocycles. The largest absolute Gasteiger partial charge is 0.325 e. The summed E-state index contributed by atoms with van der Waals surface area (Å²) in [6.07, 6.45) is 0.609. The van der Waals surface area contributed by atoms with Gasteiger partial charge in [0.2, 0.25) is 5.91 Å². The minimum atomic E-state index is -2.96. The van der Waals surface area contributed by atoms with Gasteiger partial charge in [-0.1, -0.05) is 17.7 Å². The number of hydrogen-bond acceptors (Lipinski definition) is 5. The van der Waals surface area contributed by atoms with Gasteiger partial charge in [-0.2, -0.15) is 5.10 Å². The normalized spacial score (nSPS) is 18.3. The fourth-order valence-corrected chi connectivity index (χ4v) is 5.66. The summed E-state index contributed by atoms with van der Waals surface area (Å²) in [5.41, 5.74) is 5.95. The van der Waals surface area contributed by atoms with Crippen molar-refractivity contribution in [1.82, 2.24) is 14.7 Å². The van der Waals surface area contributed by atoms with Crippen LogP contribution in [0.25, 0.3) is 0 Å². The first-order valence-corrected chi connectivity index (χ1v) is 11.7. The minimum absolute atomic E-state index is 0.0657. The number of nitrogens with one attached hydrogen (secondary N) is 1. The molecular weight excluding hydrogens is 388 g/mol. The topological polar surface area (TPSA) is 84.3 Å². The van der Waals surface area contributed by atoms with Crippen molar-refractivity contribution < 1.29 is 13.2 Å². The van der Waals surface area contributed by atoms with Crippen LogP contribution in [0, 0.1) is 27.7 Å². The molecule has 3 rings (SSSR count). The first kappa shape index (κ1) is 21.5. The van der Waals surface area contributed by atoms with Crippen LogP contribution in [0.3, 0.4) is 0 Å². The third kappa shape index (κ3) is 5.05. The quantitative estimate of drug-likeness (QED) is 0.779. The zero-order valence-corrected chi connectivity index (χ0v) is 18.6. The molecule has 1 amide bonds. The van der Waals surface area contributed by atoms with Crippen molar-refractivity contribution in [3.63, 3.8) is 0 Å². The summed E-state index contributed by atoms with van der Waals surface area (Å²) >= 11 is 0. The van der Waals surface area contributed by atoms with Crippen LogP contribution in [-0.2, 0) is 21.2 Å². The molecule has 1 aliphatic rings. The molecule has 0 unspecified atom stereocenters. The van der Waals surface area contributed by atoms with Gasteiger partial charge in [-0.25, -0.2) is 8.42 Å². The van der Waals surface area contributed by atoms with E-state index in [1.807, 2.05) is 62.5 Å². The molecule has 2 aromatic rings. The maximum Gasteiger partial charge on any atom is 0.238 e. The number of nitrogens with zero attached hydrogens (tertiary/aromatic N) is 3. The Balaban J connectivity index is 1.64. The van der Waals surface area contributed by atoms with E-state index in [0.29, 0.717) is 13.0 Å². The SMILES string of the molecule is Cc1ccc(NC(=O)CN(C)Cc2c(C)nn([C@@H]3CCS(=O)(=O)C3)c2C)c(C)c1. The van der Waals surface area contributed by atoms with Crippen molar-refractivity contribution in [2.45, 2.75) is 46.7 Å². The molecular formula is C21H30N4O3S. The maximum absolute atomic E-state index is 12.5. The molecule has 0 spiro atoms. The van der Waals surface area contributed by atoms with E-state index in [1.54, 1.807) is 0 Å². The average Bonchev–Trinajstić information content (AvgIpc) is 3.11. The summed E-state index contributed by atoms with van der Waals surface area (Å²) in [5, 5.41) is 7.58. The van der Waals surface area contributed by atoms with E-state index in [-0.39, 0.29) is 30.0 Å². The lowest BCUT2D eigenvalue weighted by Crippen LogP contribution is -2.30. The number of aryl methyl sites for hydroxylation is 3. The van der Waals surface area contributed by atoms with Gasteiger partial charge in [0.15, 0.2) is 9.84 Å². The van der Waals surface area contributed by atoms with E-state index in [1.165, 1.54) is 0 Å². The maximum atomic E-state index is 12.5. The smallest absolute Gasteiger partial charge is 0.238 e. The van der Waals surface area contributed by atoms with Crippen molar-refractivity contribution in [3.8, 4) is 0 Å². The van der Waals surface area contributed by atoms with Gasteiger partial charge in [0.25, 0.3) is 0 Å². The highest BCUT2D eigenvalue weighted by atomic mass is 32.2. The number of carbonyl (C=O) groups is 1. The highest BCUT2D eigenvalue weighted by Gasteiger charge is 2.31. The summed E-state index contributed by atoms with van der Waals surface area (Å²) in [6, 6.07) is 5.86. The van der Waals surface area contributed by atoms with Gasteiger partial charge in [0, 0.05) is 23.5 Å². The van der Waals surface area contributed by atoms with Gasteiger partial charge < -0.3 is 5.32 Å². The fourth-order valence-electron chi connectivity index (χ4n) is 3.96. The number of likely N-dealkylation sites (N-methyl/N-ethyl adjacent to an activating group) is 1. The van der Waals surface area contributed by atoms with E-state index in [4.69, 9.17) is 0 Å². The second kappa shape index (κ2) is 8.28.